The third-order valence-electron chi connectivity index (χ3n) is 2.46. The van der Waals surface area contributed by atoms with Crippen molar-refractivity contribution in [2.45, 2.75) is 6.92 Å². The summed E-state index contributed by atoms with van der Waals surface area (Å²) in [5, 5.41) is 3.20. The topological polar surface area (TPSA) is 21.3 Å². The highest BCUT2D eigenvalue weighted by Gasteiger charge is 2.00. The fourth-order valence-electron chi connectivity index (χ4n) is 1.59. The minimum Gasteiger partial charge on any atom is -0.494 e. The molecular weight excluding hydrogens is 242 g/mol. The number of hydrogen-bond acceptors (Lipinski definition) is 2. The molecule has 0 fully saturated rings. The van der Waals surface area contributed by atoms with Crippen molar-refractivity contribution in [3.8, 4) is 5.75 Å². The molecule has 0 unspecified atom stereocenters. The van der Waals surface area contributed by atoms with Gasteiger partial charge in [0.05, 0.1) is 6.61 Å². The predicted octanol–water partition coefficient (Wildman–Crippen LogP) is 3.87. The maximum atomic E-state index is 5.39. The van der Waals surface area contributed by atoms with Crippen molar-refractivity contribution in [3.05, 3.63) is 60.2 Å². The molecule has 0 aliphatic rings. The van der Waals surface area contributed by atoms with Gasteiger partial charge in [-0.1, -0.05) is 42.5 Å². The van der Waals surface area contributed by atoms with Gasteiger partial charge in [-0.15, -0.1) is 0 Å². The number of thiocarbonyl (C=S) groups is 1. The van der Waals surface area contributed by atoms with E-state index in [1.807, 2.05) is 61.5 Å². The summed E-state index contributed by atoms with van der Waals surface area (Å²) in [6.45, 7) is 2.64. The van der Waals surface area contributed by atoms with Gasteiger partial charge in [0, 0.05) is 11.3 Å². The Kier molecular flexibility index (Phi) is 4.31. The molecule has 1 N–H and O–H groups in total. The highest BCUT2D eigenvalue weighted by molar-refractivity contribution is 7.81. The molecule has 0 heterocycles. The van der Waals surface area contributed by atoms with E-state index >= 15 is 0 Å². The van der Waals surface area contributed by atoms with Crippen LogP contribution in [0.1, 0.15) is 12.5 Å². The lowest BCUT2D eigenvalue weighted by Gasteiger charge is -2.09. The van der Waals surface area contributed by atoms with Gasteiger partial charge in [0.1, 0.15) is 10.7 Å². The van der Waals surface area contributed by atoms with E-state index in [4.69, 9.17) is 17.0 Å². The summed E-state index contributed by atoms with van der Waals surface area (Å²) in [6, 6.07) is 17.7. The Morgan fingerprint density at radius 1 is 1.06 bits per heavy atom. The van der Waals surface area contributed by atoms with Crippen LogP contribution in [0.15, 0.2) is 54.6 Å². The molecule has 0 spiro atoms. The molecule has 0 saturated carbocycles. The molecular formula is C15H15NOS. The molecule has 2 aromatic rings. The number of nitrogens with one attached hydrogen (secondary N) is 1. The van der Waals surface area contributed by atoms with Gasteiger partial charge < -0.3 is 10.1 Å². The molecule has 92 valence electrons. The first kappa shape index (κ1) is 12.6. The lowest BCUT2D eigenvalue weighted by atomic mass is 10.2. The van der Waals surface area contributed by atoms with Gasteiger partial charge in [-0.3, -0.25) is 0 Å². The van der Waals surface area contributed by atoms with Gasteiger partial charge in [-0.05, 0) is 31.2 Å². The molecule has 18 heavy (non-hydrogen) atoms. The average Bonchev–Trinajstić information content (AvgIpc) is 2.42. The number of hydrogen-bond donors (Lipinski definition) is 1. The quantitative estimate of drug-likeness (QED) is 0.840. The molecule has 0 bridgehead atoms. The summed E-state index contributed by atoms with van der Waals surface area (Å²) >= 11 is 5.34. The van der Waals surface area contributed by atoms with E-state index in [0.29, 0.717) is 6.61 Å². The molecule has 0 saturated heterocycles. The van der Waals surface area contributed by atoms with E-state index in [1.54, 1.807) is 0 Å². The summed E-state index contributed by atoms with van der Waals surface area (Å²) in [5.74, 6) is 0.869. The standard InChI is InChI=1S/C15H15NOS/c1-2-17-14-10-8-13(9-11-14)16-15(18)12-6-4-3-5-7-12/h3-11H,2H2,1H3,(H,16,18). The second-order valence-electron chi connectivity index (χ2n) is 3.78. The lowest BCUT2D eigenvalue weighted by Crippen LogP contribution is -2.10. The third kappa shape index (κ3) is 3.31. The summed E-state index contributed by atoms with van der Waals surface area (Å²) in [6.07, 6.45) is 0. The Hall–Kier alpha value is -1.87. The maximum absolute atomic E-state index is 5.39. The Labute approximate surface area is 113 Å². The van der Waals surface area contributed by atoms with Gasteiger partial charge in [-0.25, -0.2) is 0 Å². The van der Waals surface area contributed by atoms with Crippen molar-refractivity contribution in [1.82, 2.24) is 0 Å². The first-order valence-corrected chi connectivity index (χ1v) is 6.29. The first-order valence-electron chi connectivity index (χ1n) is 5.89. The summed E-state index contributed by atoms with van der Waals surface area (Å²) in [7, 11) is 0. The number of ether oxygens (including phenoxy) is 1. The largest absolute Gasteiger partial charge is 0.494 e. The summed E-state index contributed by atoms with van der Waals surface area (Å²) in [4.78, 5) is 0.722. The number of anilines is 1. The van der Waals surface area contributed by atoms with Crippen LogP contribution in [-0.4, -0.2) is 11.6 Å². The van der Waals surface area contributed by atoms with Crippen LogP contribution in [0, 0.1) is 0 Å². The summed E-state index contributed by atoms with van der Waals surface area (Å²) < 4.78 is 5.39. The van der Waals surface area contributed by atoms with E-state index in [-0.39, 0.29) is 0 Å². The zero-order chi connectivity index (χ0) is 12.8. The third-order valence-corrected chi connectivity index (χ3v) is 2.80. The molecule has 2 nitrogen and oxygen atoms in total. The van der Waals surface area contributed by atoms with Crippen LogP contribution in [-0.2, 0) is 0 Å². The van der Waals surface area contributed by atoms with Crippen LogP contribution < -0.4 is 10.1 Å². The highest BCUT2D eigenvalue weighted by Crippen LogP contribution is 2.16. The van der Waals surface area contributed by atoms with Gasteiger partial charge in [0.25, 0.3) is 0 Å². The zero-order valence-electron chi connectivity index (χ0n) is 10.2. The smallest absolute Gasteiger partial charge is 0.119 e. The van der Waals surface area contributed by atoms with Gasteiger partial charge in [0.2, 0.25) is 0 Å². The molecule has 0 atom stereocenters. The number of benzene rings is 2. The van der Waals surface area contributed by atoms with Crippen molar-refractivity contribution in [3.63, 3.8) is 0 Å². The van der Waals surface area contributed by atoms with Gasteiger partial charge in [0.15, 0.2) is 0 Å². The Balaban J connectivity index is 2.03. The van der Waals surface area contributed by atoms with Crippen LogP contribution in [0.3, 0.4) is 0 Å². The zero-order valence-corrected chi connectivity index (χ0v) is 11.0. The van der Waals surface area contributed by atoms with Gasteiger partial charge in [-0.2, -0.15) is 0 Å². The fourth-order valence-corrected chi connectivity index (χ4v) is 1.85. The second kappa shape index (κ2) is 6.17. The second-order valence-corrected chi connectivity index (χ2v) is 4.19. The average molecular weight is 257 g/mol. The Morgan fingerprint density at radius 3 is 2.33 bits per heavy atom. The molecule has 2 aromatic carbocycles. The highest BCUT2D eigenvalue weighted by atomic mass is 32.1. The van der Waals surface area contributed by atoms with E-state index in [2.05, 4.69) is 5.32 Å². The van der Waals surface area contributed by atoms with E-state index in [9.17, 15) is 0 Å². The van der Waals surface area contributed by atoms with Crippen LogP contribution in [0.5, 0.6) is 5.75 Å². The van der Waals surface area contributed by atoms with Crippen molar-refractivity contribution < 1.29 is 4.74 Å². The lowest BCUT2D eigenvalue weighted by molar-refractivity contribution is 0.340. The molecule has 0 aliphatic heterocycles. The monoisotopic (exact) mass is 257 g/mol. The van der Waals surface area contributed by atoms with E-state index in [0.717, 1.165) is 22.0 Å². The van der Waals surface area contributed by atoms with Gasteiger partial charge >= 0.3 is 0 Å². The van der Waals surface area contributed by atoms with Crippen molar-refractivity contribution in [2.24, 2.45) is 0 Å². The molecule has 0 aromatic heterocycles. The molecule has 0 amide bonds. The maximum Gasteiger partial charge on any atom is 0.119 e. The normalized spacial score (nSPS) is 9.83. The SMILES string of the molecule is CCOc1ccc(NC(=S)c2ccccc2)cc1. The van der Waals surface area contributed by atoms with Crippen molar-refractivity contribution >= 4 is 22.9 Å². The Morgan fingerprint density at radius 2 is 1.72 bits per heavy atom. The number of rotatable bonds is 4. The first-order chi connectivity index (χ1) is 8.79. The molecule has 2 rings (SSSR count). The minimum absolute atomic E-state index is 0.676. The van der Waals surface area contributed by atoms with Crippen LogP contribution in [0.4, 0.5) is 5.69 Å². The molecule has 0 radical (unpaired) electrons. The fraction of sp³-hybridized carbons (Fsp3) is 0.133. The summed E-state index contributed by atoms with van der Waals surface area (Å²) in [5.41, 5.74) is 1.98. The van der Waals surface area contributed by atoms with Crippen LogP contribution >= 0.6 is 12.2 Å². The predicted molar refractivity (Wildman–Crippen MR) is 79.4 cm³/mol. The van der Waals surface area contributed by atoms with Crippen LogP contribution in [0.2, 0.25) is 0 Å². The van der Waals surface area contributed by atoms with Crippen molar-refractivity contribution in [1.29, 1.82) is 0 Å². The Bertz CT molecular complexity index is 508. The van der Waals surface area contributed by atoms with Crippen molar-refractivity contribution in [2.75, 3.05) is 11.9 Å². The molecule has 3 heteroatoms. The van der Waals surface area contributed by atoms with E-state index in [1.165, 1.54) is 0 Å². The van der Waals surface area contributed by atoms with E-state index < -0.39 is 0 Å². The minimum atomic E-state index is 0.676. The van der Waals surface area contributed by atoms with Crippen LogP contribution in [0.25, 0.3) is 0 Å². The molecule has 0 aliphatic carbocycles.